The molecule has 0 bridgehead atoms. The van der Waals surface area contributed by atoms with Gasteiger partial charge in [0, 0.05) is 16.7 Å². The lowest BCUT2D eigenvalue weighted by Crippen LogP contribution is -1.99. The van der Waals surface area contributed by atoms with Crippen molar-refractivity contribution in [1.82, 2.24) is 4.98 Å². The maximum Gasteiger partial charge on any atom is 0.290 e. The second-order valence-electron chi connectivity index (χ2n) is 3.15. The summed E-state index contributed by atoms with van der Waals surface area (Å²) < 4.78 is 0. The molecule has 0 aromatic carbocycles. The number of nitrogens with zero attached hydrogens (tertiary/aromatic N) is 2. The zero-order valence-electron chi connectivity index (χ0n) is 8.44. The summed E-state index contributed by atoms with van der Waals surface area (Å²) in [5.41, 5.74) is 0.678. The molecule has 0 saturated carbocycles. The Kier molecular flexibility index (Phi) is 4.35. The largest absolute Gasteiger partial charge is 0.290 e. The molecular weight excluding hydrogens is 236 g/mol. The number of hydrogen-bond acceptors (Lipinski definition) is 4. The third-order valence-corrected chi connectivity index (χ3v) is 3.47. The molecule has 0 aliphatic rings. The molecule has 82 valence electrons. The van der Waals surface area contributed by atoms with Crippen LogP contribution >= 0.6 is 23.4 Å². The third kappa shape index (κ3) is 3.35. The first-order valence-electron chi connectivity index (χ1n) is 4.38. The van der Waals surface area contributed by atoms with Crippen molar-refractivity contribution in [3.63, 3.8) is 0 Å². The van der Waals surface area contributed by atoms with E-state index in [-0.39, 0.29) is 10.9 Å². The predicted molar refractivity (Wildman–Crippen MR) is 61.7 cm³/mol. The summed E-state index contributed by atoms with van der Waals surface area (Å²) >= 11 is 7.18. The highest BCUT2D eigenvalue weighted by Gasteiger charge is 2.12. The molecule has 0 aliphatic carbocycles. The van der Waals surface area contributed by atoms with E-state index in [0.717, 1.165) is 5.03 Å². The number of rotatable bonds is 4. The standard InChI is InChI=1S/C9H11ClN2O2S/c1-6-3-9(15-7(2)4-10)11-5-8(6)12(13)14/h3,5,7H,4H2,1-2H3. The van der Waals surface area contributed by atoms with Gasteiger partial charge in [0.2, 0.25) is 0 Å². The van der Waals surface area contributed by atoms with E-state index < -0.39 is 4.92 Å². The highest BCUT2D eigenvalue weighted by molar-refractivity contribution is 7.99. The number of thioether (sulfide) groups is 1. The number of hydrogen-bond donors (Lipinski definition) is 0. The van der Waals surface area contributed by atoms with Crippen molar-refractivity contribution >= 4 is 29.1 Å². The van der Waals surface area contributed by atoms with Crippen molar-refractivity contribution in [2.45, 2.75) is 24.1 Å². The average Bonchev–Trinajstić information content (AvgIpc) is 2.17. The fourth-order valence-electron chi connectivity index (χ4n) is 1.02. The number of alkyl halides is 1. The highest BCUT2D eigenvalue weighted by Crippen LogP contribution is 2.25. The average molecular weight is 247 g/mol. The normalized spacial score (nSPS) is 12.5. The van der Waals surface area contributed by atoms with Crippen LogP contribution in [-0.2, 0) is 0 Å². The molecule has 15 heavy (non-hydrogen) atoms. The van der Waals surface area contributed by atoms with E-state index in [9.17, 15) is 10.1 Å². The first-order chi connectivity index (χ1) is 7.04. The second kappa shape index (κ2) is 5.32. The van der Waals surface area contributed by atoms with Crippen molar-refractivity contribution in [2.75, 3.05) is 5.88 Å². The van der Waals surface area contributed by atoms with Crippen LogP contribution in [0.25, 0.3) is 0 Å². The molecule has 1 aromatic heterocycles. The van der Waals surface area contributed by atoms with E-state index in [4.69, 9.17) is 11.6 Å². The lowest BCUT2D eigenvalue weighted by atomic mass is 10.3. The Morgan fingerprint density at radius 1 is 1.73 bits per heavy atom. The van der Waals surface area contributed by atoms with Crippen LogP contribution in [-0.4, -0.2) is 21.0 Å². The fraction of sp³-hybridized carbons (Fsp3) is 0.444. The Morgan fingerprint density at radius 2 is 2.40 bits per heavy atom. The SMILES string of the molecule is Cc1cc(SC(C)CCl)ncc1[N+](=O)[O-]. The zero-order chi connectivity index (χ0) is 11.4. The summed E-state index contributed by atoms with van der Waals surface area (Å²) in [6.45, 7) is 3.69. The van der Waals surface area contributed by atoms with Gasteiger partial charge in [0.1, 0.15) is 6.20 Å². The lowest BCUT2D eigenvalue weighted by molar-refractivity contribution is -0.385. The highest BCUT2D eigenvalue weighted by atomic mass is 35.5. The summed E-state index contributed by atoms with van der Waals surface area (Å²) in [7, 11) is 0. The van der Waals surface area contributed by atoms with Crippen LogP contribution in [0.15, 0.2) is 17.3 Å². The van der Waals surface area contributed by atoms with Crippen LogP contribution in [0.1, 0.15) is 12.5 Å². The first kappa shape index (κ1) is 12.3. The molecule has 1 heterocycles. The maximum atomic E-state index is 10.5. The van der Waals surface area contributed by atoms with Crippen LogP contribution in [0.5, 0.6) is 0 Å². The molecule has 1 aromatic rings. The van der Waals surface area contributed by atoms with Crippen LogP contribution in [0.2, 0.25) is 0 Å². The van der Waals surface area contributed by atoms with Gasteiger partial charge in [0.05, 0.1) is 9.95 Å². The van der Waals surface area contributed by atoms with E-state index in [1.165, 1.54) is 18.0 Å². The van der Waals surface area contributed by atoms with Gasteiger partial charge in [-0.3, -0.25) is 10.1 Å². The summed E-state index contributed by atoms with van der Waals surface area (Å²) in [4.78, 5) is 14.1. The van der Waals surface area contributed by atoms with E-state index in [0.29, 0.717) is 11.4 Å². The van der Waals surface area contributed by atoms with Crippen LogP contribution < -0.4 is 0 Å². The number of aromatic nitrogens is 1. The van der Waals surface area contributed by atoms with E-state index in [1.54, 1.807) is 13.0 Å². The fourth-order valence-corrected chi connectivity index (χ4v) is 2.04. The predicted octanol–water partition coefficient (Wildman–Crippen LogP) is 3.02. The second-order valence-corrected chi connectivity index (χ2v) is 4.92. The van der Waals surface area contributed by atoms with Gasteiger partial charge in [-0.25, -0.2) is 4.98 Å². The van der Waals surface area contributed by atoms with Crippen molar-refractivity contribution < 1.29 is 4.92 Å². The number of pyridine rings is 1. The van der Waals surface area contributed by atoms with Crippen LogP contribution in [0.3, 0.4) is 0 Å². The van der Waals surface area contributed by atoms with Gasteiger partial charge in [-0.2, -0.15) is 0 Å². The molecule has 6 heteroatoms. The van der Waals surface area contributed by atoms with Crippen molar-refractivity contribution in [3.05, 3.63) is 27.9 Å². The minimum atomic E-state index is -0.429. The minimum absolute atomic E-state index is 0.0536. The Bertz CT molecular complexity index is 373. The molecule has 0 spiro atoms. The van der Waals surface area contributed by atoms with Crippen LogP contribution in [0.4, 0.5) is 5.69 Å². The van der Waals surface area contributed by atoms with Gasteiger partial charge in [0.15, 0.2) is 0 Å². The van der Waals surface area contributed by atoms with Gasteiger partial charge >= 0.3 is 0 Å². The molecule has 0 radical (unpaired) electrons. The zero-order valence-corrected chi connectivity index (χ0v) is 10.0. The molecule has 0 aliphatic heterocycles. The summed E-state index contributed by atoms with van der Waals surface area (Å²) in [6, 6.07) is 1.71. The molecule has 0 amide bonds. The summed E-state index contributed by atoms with van der Waals surface area (Å²) in [6.07, 6.45) is 1.29. The summed E-state index contributed by atoms with van der Waals surface area (Å²) in [5.74, 6) is 0.530. The monoisotopic (exact) mass is 246 g/mol. The summed E-state index contributed by atoms with van der Waals surface area (Å²) in [5, 5.41) is 11.6. The van der Waals surface area contributed by atoms with Crippen molar-refractivity contribution in [2.24, 2.45) is 0 Å². The lowest BCUT2D eigenvalue weighted by Gasteiger charge is -2.06. The van der Waals surface area contributed by atoms with Crippen molar-refractivity contribution in [3.8, 4) is 0 Å². The Morgan fingerprint density at radius 3 is 2.87 bits per heavy atom. The molecular formula is C9H11ClN2O2S. The third-order valence-electron chi connectivity index (χ3n) is 1.79. The Labute approximate surface area is 97.2 Å². The molecule has 4 nitrogen and oxygen atoms in total. The van der Waals surface area contributed by atoms with Gasteiger partial charge < -0.3 is 0 Å². The molecule has 0 fully saturated rings. The molecule has 1 atom stereocenters. The maximum absolute atomic E-state index is 10.5. The van der Waals surface area contributed by atoms with Gasteiger partial charge in [-0.1, -0.05) is 6.92 Å². The van der Waals surface area contributed by atoms with Gasteiger partial charge in [-0.05, 0) is 13.0 Å². The van der Waals surface area contributed by atoms with E-state index >= 15 is 0 Å². The topological polar surface area (TPSA) is 56.0 Å². The molecule has 0 N–H and O–H groups in total. The first-order valence-corrected chi connectivity index (χ1v) is 5.79. The van der Waals surface area contributed by atoms with E-state index in [2.05, 4.69) is 4.98 Å². The van der Waals surface area contributed by atoms with Crippen LogP contribution in [0, 0.1) is 17.0 Å². The molecule has 1 unspecified atom stereocenters. The smallest absolute Gasteiger partial charge is 0.258 e. The molecule has 0 saturated heterocycles. The van der Waals surface area contributed by atoms with Gasteiger partial charge in [-0.15, -0.1) is 23.4 Å². The minimum Gasteiger partial charge on any atom is -0.258 e. The molecule has 1 rings (SSSR count). The number of halogens is 1. The number of aryl methyl sites for hydroxylation is 1. The quantitative estimate of drug-likeness (QED) is 0.355. The van der Waals surface area contributed by atoms with Crippen molar-refractivity contribution in [1.29, 1.82) is 0 Å². The Hall–Kier alpha value is -0.810. The number of nitro groups is 1. The Balaban J connectivity index is 2.87. The van der Waals surface area contributed by atoms with Gasteiger partial charge in [0.25, 0.3) is 5.69 Å². The van der Waals surface area contributed by atoms with E-state index in [1.807, 2.05) is 6.92 Å².